The smallest absolute Gasteiger partial charge is 0.241 e. The van der Waals surface area contributed by atoms with Crippen molar-refractivity contribution in [3.05, 3.63) is 64.0 Å². The largest absolute Gasteiger partial charge is 0.760 e. The highest BCUT2D eigenvalue weighted by molar-refractivity contribution is 7.92. The van der Waals surface area contributed by atoms with E-state index in [9.17, 15) is 21.6 Å². The maximum Gasteiger partial charge on any atom is 0.241 e. The van der Waals surface area contributed by atoms with Gasteiger partial charge in [0.25, 0.3) is 0 Å². The molecule has 0 bridgehead atoms. The zero-order chi connectivity index (χ0) is 25.2. The van der Waals surface area contributed by atoms with Crippen molar-refractivity contribution in [1.29, 1.82) is 0 Å². The van der Waals surface area contributed by atoms with Gasteiger partial charge in [-0.25, -0.2) is 22.5 Å². The third-order valence-corrected chi connectivity index (χ3v) is 8.66. The van der Waals surface area contributed by atoms with Crippen LogP contribution in [0.5, 0.6) is 0 Å². The third-order valence-electron chi connectivity index (χ3n) is 4.86. The normalized spacial score (nSPS) is 13.8. The summed E-state index contributed by atoms with van der Waals surface area (Å²) in [5, 5.41) is 6.38. The van der Waals surface area contributed by atoms with E-state index in [4.69, 9.17) is 20.8 Å². The van der Waals surface area contributed by atoms with Crippen molar-refractivity contribution in [3.8, 4) is 11.1 Å². The molecule has 1 N–H and O–H groups in total. The van der Waals surface area contributed by atoms with Gasteiger partial charge in [0, 0.05) is 18.4 Å². The van der Waals surface area contributed by atoms with Crippen molar-refractivity contribution in [2.45, 2.75) is 11.8 Å². The number of ether oxygens (including phenoxy) is 1. The van der Waals surface area contributed by atoms with E-state index in [2.05, 4.69) is 19.9 Å². The molecule has 0 aliphatic heterocycles. The van der Waals surface area contributed by atoms with Crippen LogP contribution in [0.25, 0.3) is 21.3 Å². The van der Waals surface area contributed by atoms with Crippen molar-refractivity contribution in [1.82, 2.24) is 19.9 Å². The third kappa shape index (κ3) is 5.91. The Hall–Kier alpha value is -2.33. The molecule has 15 heteroatoms. The molecule has 4 aromatic rings. The molecule has 0 saturated carbocycles. The lowest BCUT2D eigenvalue weighted by Gasteiger charge is -2.11. The van der Waals surface area contributed by atoms with Crippen LogP contribution in [0, 0.1) is 5.82 Å². The summed E-state index contributed by atoms with van der Waals surface area (Å²) in [5.74, 6) is -1.24. The van der Waals surface area contributed by atoms with Crippen LogP contribution in [0.4, 0.5) is 4.39 Å². The Bertz CT molecular complexity index is 1490. The van der Waals surface area contributed by atoms with E-state index in [1.165, 1.54) is 19.2 Å². The summed E-state index contributed by atoms with van der Waals surface area (Å²) in [6, 6.07) is 9.65. The number of rotatable bonds is 10. The lowest BCUT2D eigenvalue weighted by molar-refractivity contribution is 0.217. The number of halogens is 2. The number of sulfone groups is 1. The molecule has 0 aliphatic carbocycles. The molecule has 35 heavy (non-hydrogen) atoms. The number of fused-ring (bicyclic) bond motifs is 1. The molecular formula is C20H17ClFN4O6S3-. The van der Waals surface area contributed by atoms with E-state index >= 15 is 0 Å². The molecule has 0 amide bonds. The van der Waals surface area contributed by atoms with E-state index < -0.39 is 32.2 Å². The van der Waals surface area contributed by atoms with Crippen LogP contribution in [-0.2, 0) is 32.4 Å². The van der Waals surface area contributed by atoms with Crippen molar-refractivity contribution in [2.24, 2.45) is 0 Å². The molecule has 2 atom stereocenters. The maximum absolute atomic E-state index is 13.9. The van der Waals surface area contributed by atoms with Gasteiger partial charge in [0.05, 0.1) is 34.1 Å². The molecule has 0 fully saturated rings. The van der Waals surface area contributed by atoms with E-state index in [-0.39, 0.29) is 40.7 Å². The minimum atomic E-state index is -3.91. The molecule has 2 heterocycles. The summed E-state index contributed by atoms with van der Waals surface area (Å²) in [6.45, 7) is -0.359. The Morgan fingerprint density at radius 2 is 2.00 bits per heavy atom. The van der Waals surface area contributed by atoms with Gasteiger partial charge in [0.15, 0.2) is 15.1 Å². The second-order valence-corrected chi connectivity index (χ2v) is 11.6. The van der Waals surface area contributed by atoms with Gasteiger partial charge < -0.3 is 13.7 Å². The SMILES string of the molecule is COCCS(=O)(=O)C(c1nnc(CNS(=O)[O-])o1)c1nc2ccc(-c3ccc(Cl)c(F)c3)cc2s1. The maximum atomic E-state index is 13.9. The highest BCUT2D eigenvalue weighted by Gasteiger charge is 2.36. The average molecular weight is 560 g/mol. The first kappa shape index (κ1) is 25.8. The van der Waals surface area contributed by atoms with Crippen LogP contribution in [0.15, 0.2) is 40.8 Å². The molecule has 2 unspecified atom stereocenters. The van der Waals surface area contributed by atoms with Gasteiger partial charge in [-0.05, 0) is 35.4 Å². The predicted octanol–water partition coefficient (Wildman–Crippen LogP) is 3.17. The van der Waals surface area contributed by atoms with Gasteiger partial charge in [-0.2, -0.15) is 0 Å². The van der Waals surface area contributed by atoms with Crippen molar-refractivity contribution >= 4 is 54.3 Å². The van der Waals surface area contributed by atoms with Crippen LogP contribution < -0.4 is 4.72 Å². The first-order valence-corrected chi connectivity index (χ1v) is 13.9. The van der Waals surface area contributed by atoms with E-state index in [0.29, 0.717) is 21.3 Å². The average Bonchev–Trinajstić information content (AvgIpc) is 3.44. The number of hydrogen-bond acceptors (Lipinski definition) is 10. The minimum Gasteiger partial charge on any atom is -0.760 e. The zero-order valence-electron chi connectivity index (χ0n) is 17.9. The summed E-state index contributed by atoms with van der Waals surface area (Å²) in [6.07, 6.45) is 0. The molecule has 0 radical (unpaired) electrons. The first-order valence-electron chi connectivity index (χ1n) is 9.89. The fourth-order valence-electron chi connectivity index (χ4n) is 3.20. The van der Waals surface area contributed by atoms with Gasteiger partial charge in [0.1, 0.15) is 10.8 Å². The molecule has 0 aliphatic rings. The van der Waals surface area contributed by atoms with Crippen LogP contribution in [-0.4, -0.2) is 51.8 Å². The Morgan fingerprint density at radius 3 is 2.71 bits per heavy atom. The van der Waals surface area contributed by atoms with E-state index in [0.717, 1.165) is 11.3 Å². The first-order chi connectivity index (χ1) is 16.7. The number of nitrogens with zero attached hydrogens (tertiary/aromatic N) is 3. The minimum absolute atomic E-state index is 0.00892. The van der Waals surface area contributed by atoms with Crippen molar-refractivity contribution in [3.63, 3.8) is 0 Å². The molecule has 10 nitrogen and oxygen atoms in total. The second kappa shape index (κ2) is 10.7. The summed E-state index contributed by atoms with van der Waals surface area (Å²) in [5.41, 5.74) is 1.81. The molecule has 2 aromatic heterocycles. The zero-order valence-corrected chi connectivity index (χ0v) is 21.1. The molecule has 0 saturated heterocycles. The van der Waals surface area contributed by atoms with Gasteiger partial charge in [-0.3, -0.25) is 4.21 Å². The van der Waals surface area contributed by atoms with Crippen LogP contribution in [0.3, 0.4) is 0 Å². The van der Waals surface area contributed by atoms with Crippen LogP contribution >= 0.6 is 22.9 Å². The van der Waals surface area contributed by atoms with Gasteiger partial charge in [-0.1, -0.05) is 23.7 Å². The number of methoxy groups -OCH3 is 1. The topological polar surface area (TPSA) is 147 Å². The Balaban J connectivity index is 1.75. The van der Waals surface area contributed by atoms with Crippen LogP contribution in [0.2, 0.25) is 5.02 Å². The predicted molar refractivity (Wildman–Crippen MR) is 128 cm³/mol. The van der Waals surface area contributed by atoms with Crippen LogP contribution in [0.1, 0.15) is 22.0 Å². The molecular weight excluding hydrogens is 543 g/mol. The fourth-order valence-corrected chi connectivity index (χ4v) is 6.53. The number of hydrogen-bond donors (Lipinski definition) is 1. The summed E-state index contributed by atoms with van der Waals surface area (Å²) in [7, 11) is -2.53. The lowest BCUT2D eigenvalue weighted by Crippen LogP contribution is -2.21. The fraction of sp³-hybridized carbons (Fsp3) is 0.250. The Labute approximate surface area is 210 Å². The second-order valence-electron chi connectivity index (χ2n) is 7.19. The number of aromatic nitrogens is 3. The lowest BCUT2D eigenvalue weighted by atomic mass is 10.1. The molecule has 4 rings (SSSR count). The molecule has 2 aromatic carbocycles. The Kier molecular flexibility index (Phi) is 7.90. The van der Waals surface area contributed by atoms with Crippen molar-refractivity contribution in [2.75, 3.05) is 19.5 Å². The number of thiazole rings is 1. The summed E-state index contributed by atoms with van der Waals surface area (Å²) < 4.78 is 74.9. The van der Waals surface area contributed by atoms with Gasteiger partial charge >= 0.3 is 0 Å². The highest BCUT2D eigenvalue weighted by atomic mass is 35.5. The van der Waals surface area contributed by atoms with Crippen molar-refractivity contribution < 1.29 is 30.7 Å². The number of nitrogens with one attached hydrogen (secondary N) is 1. The van der Waals surface area contributed by atoms with E-state index in [1.54, 1.807) is 24.3 Å². The van der Waals surface area contributed by atoms with Gasteiger partial charge in [0.2, 0.25) is 11.8 Å². The monoisotopic (exact) mass is 559 g/mol. The molecule has 0 spiro atoms. The standard InChI is InChI=1S/C20H18ClFN4O6S3/c1-31-6-7-35(29,30)18(19-26-25-17(32-19)10-23-34(27)28)20-24-15-5-3-12(9-16(15)33-20)11-2-4-13(21)14(22)8-11/h2-5,8-9,18,23H,6-7,10H2,1H3,(H,27,28)/p-1. The highest BCUT2D eigenvalue weighted by Crippen LogP contribution is 2.37. The summed E-state index contributed by atoms with van der Waals surface area (Å²) >= 11 is 4.32. The van der Waals surface area contributed by atoms with Gasteiger partial charge in [-0.15, -0.1) is 21.5 Å². The quantitative estimate of drug-likeness (QED) is 0.289. The molecule has 186 valence electrons. The number of benzene rings is 2. The Morgan fingerprint density at radius 1 is 1.26 bits per heavy atom. The van der Waals surface area contributed by atoms with E-state index in [1.807, 2.05) is 0 Å². The summed E-state index contributed by atoms with van der Waals surface area (Å²) in [4.78, 5) is 4.48.